The molecular weight excluding hydrogens is 352 g/mol. The van der Waals surface area contributed by atoms with Crippen LogP contribution >= 0.6 is 23.1 Å². The van der Waals surface area contributed by atoms with E-state index in [0.29, 0.717) is 5.01 Å². The number of thioether (sulfide) groups is 1. The van der Waals surface area contributed by atoms with Crippen LogP contribution < -0.4 is 0 Å². The number of rotatable bonds is 4. The maximum Gasteiger partial charge on any atom is 0.173 e. The summed E-state index contributed by atoms with van der Waals surface area (Å²) in [6, 6.07) is 15.6. The van der Waals surface area contributed by atoms with Gasteiger partial charge in [0.1, 0.15) is 22.4 Å². The molecule has 0 radical (unpaired) electrons. The molecule has 4 aromatic rings. The first-order valence-electron chi connectivity index (χ1n) is 7.49. The summed E-state index contributed by atoms with van der Waals surface area (Å²) >= 11 is 2.78. The third-order valence-corrected chi connectivity index (χ3v) is 5.68. The van der Waals surface area contributed by atoms with Gasteiger partial charge in [0.15, 0.2) is 5.16 Å². The fourth-order valence-electron chi connectivity index (χ4n) is 2.45. The van der Waals surface area contributed by atoms with E-state index >= 15 is 0 Å². The summed E-state index contributed by atoms with van der Waals surface area (Å²) in [5.41, 5.74) is 2.03. The molecule has 0 saturated heterocycles. The van der Waals surface area contributed by atoms with Crippen LogP contribution in [-0.2, 0) is 0 Å². The van der Waals surface area contributed by atoms with E-state index in [1.54, 1.807) is 6.20 Å². The largest absolute Gasteiger partial charge is 0.510 e. The number of benzene rings is 1. The number of nitrogens with zero attached hydrogens (tertiary/aromatic N) is 4. The lowest BCUT2D eigenvalue weighted by molar-refractivity contribution is 0.420. The minimum atomic E-state index is 0.0132. The summed E-state index contributed by atoms with van der Waals surface area (Å²) in [4.78, 5) is 8.80. The van der Waals surface area contributed by atoms with Crippen LogP contribution in [0.3, 0.4) is 0 Å². The first-order chi connectivity index (χ1) is 12.3. The molecule has 122 valence electrons. The van der Waals surface area contributed by atoms with Crippen molar-refractivity contribution in [3.05, 3.63) is 65.6 Å². The summed E-state index contributed by atoms with van der Waals surface area (Å²) in [7, 11) is 0. The number of nitriles is 1. The van der Waals surface area contributed by atoms with E-state index in [1.807, 2.05) is 53.1 Å². The second-order valence-corrected chi connectivity index (χ2v) is 7.22. The average molecular weight is 364 g/mol. The van der Waals surface area contributed by atoms with Crippen molar-refractivity contribution in [3.63, 3.8) is 0 Å². The summed E-state index contributed by atoms with van der Waals surface area (Å²) in [5.74, 6) is 0.270. The van der Waals surface area contributed by atoms with E-state index in [1.165, 1.54) is 23.1 Å². The molecule has 0 aliphatic rings. The Morgan fingerprint density at radius 1 is 1.24 bits per heavy atom. The number of imidazole rings is 1. The highest BCUT2D eigenvalue weighted by Crippen LogP contribution is 2.29. The van der Waals surface area contributed by atoms with Crippen LogP contribution in [0, 0.1) is 11.3 Å². The number of allylic oxidation sites excluding steroid dienone is 1. The van der Waals surface area contributed by atoms with Crippen molar-refractivity contribution < 1.29 is 5.11 Å². The Hall–Kier alpha value is -2.82. The van der Waals surface area contributed by atoms with Gasteiger partial charge in [-0.05, 0) is 24.3 Å². The van der Waals surface area contributed by atoms with Crippen LogP contribution in [0.4, 0.5) is 0 Å². The average Bonchev–Trinajstić information content (AvgIpc) is 3.24. The van der Waals surface area contributed by atoms with E-state index in [-0.39, 0.29) is 17.1 Å². The van der Waals surface area contributed by atoms with Gasteiger partial charge in [0, 0.05) is 6.20 Å². The SMILES string of the molecule is N#C/C(=C(/O)CSc1ncc2ccccn12)c1nc2ccccc2s1. The molecule has 3 aromatic heterocycles. The Morgan fingerprint density at radius 2 is 2.08 bits per heavy atom. The highest BCUT2D eigenvalue weighted by Gasteiger charge is 2.15. The van der Waals surface area contributed by atoms with Gasteiger partial charge in [0.25, 0.3) is 0 Å². The van der Waals surface area contributed by atoms with E-state index in [2.05, 4.69) is 16.0 Å². The van der Waals surface area contributed by atoms with Gasteiger partial charge < -0.3 is 5.11 Å². The quantitative estimate of drug-likeness (QED) is 0.327. The molecule has 0 bridgehead atoms. The zero-order valence-corrected chi connectivity index (χ0v) is 14.6. The molecule has 7 heteroatoms. The molecule has 0 aliphatic carbocycles. The molecule has 0 spiro atoms. The molecule has 0 amide bonds. The molecule has 0 fully saturated rings. The van der Waals surface area contributed by atoms with Crippen LogP contribution in [0.2, 0.25) is 0 Å². The van der Waals surface area contributed by atoms with E-state index in [9.17, 15) is 10.4 Å². The summed E-state index contributed by atoms with van der Waals surface area (Å²) in [5, 5.41) is 21.2. The highest BCUT2D eigenvalue weighted by molar-refractivity contribution is 7.99. The number of pyridine rings is 1. The Labute approximate surface area is 151 Å². The van der Waals surface area contributed by atoms with Crippen molar-refractivity contribution in [2.24, 2.45) is 0 Å². The zero-order valence-electron chi connectivity index (χ0n) is 13.0. The van der Waals surface area contributed by atoms with Crippen LogP contribution in [0.25, 0.3) is 21.3 Å². The monoisotopic (exact) mass is 364 g/mol. The Kier molecular flexibility index (Phi) is 4.14. The topological polar surface area (TPSA) is 74.2 Å². The van der Waals surface area contributed by atoms with Crippen LogP contribution in [0.5, 0.6) is 0 Å². The van der Waals surface area contributed by atoms with Crippen LogP contribution in [0.1, 0.15) is 5.01 Å². The first-order valence-corrected chi connectivity index (χ1v) is 9.29. The van der Waals surface area contributed by atoms with E-state index in [4.69, 9.17) is 0 Å². The van der Waals surface area contributed by atoms with Gasteiger partial charge >= 0.3 is 0 Å². The van der Waals surface area contributed by atoms with Crippen LogP contribution in [0.15, 0.2) is 65.8 Å². The standard InChI is InChI=1S/C18H12N4OS2/c19-9-13(17-21-14-6-1-2-7-16(14)25-17)15(23)11-24-18-20-10-12-5-3-4-8-22(12)18/h1-8,10,23H,11H2/b15-13-. The third kappa shape index (κ3) is 2.97. The molecular formula is C18H12N4OS2. The van der Waals surface area contributed by atoms with E-state index in [0.717, 1.165) is 20.9 Å². The van der Waals surface area contributed by atoms with Crippen molar-refractivity contribution in [1.29, 1.82) is 5.26 Å². The molecule has 0 atom stereocenters. The van der Waals surface area contributed by atoms with E-state index < -0.39 is 0 Å². The number of thiazole rings is 1. The minimum Gasteiger partial charge on any atom is -0.510 e. The molecule has 3 heterocycles. The van der Waals surface area contributed by atoms with Gasteiger partial charge in [0.2, 0.25) is 0 Å². The predicted molar refractivity (Wildman–Crippen MR) is 101 cm³/mol. The van der Waals surface area contributed by atoms with Gasteiger partial charge in [-0.3, -0.25) is 4.40 Å². The highest BCUT2D eigenvalue weighted by atomic mass is 32.2. The Balaban J connectivity index is 1.62. The fourth-order valence-corrected chi connectivity index (χ4v) is 4.27. The number of aliphatic hydroxyl groups excluding tert-OH is 1. The van der Waals surface area contributed by atoms with Gasteiger partial charge in [-0.25, -0.2) is 9.97 Å². The zero-order chi connectivity index (χ0) is 17.2. The fraction of sp³-hybridized carbons (Fsp3) is 0.0556. The first kappa shape index (κ1) is 15.7. The molecule has 0 unspecified atom stereocenters. The predicted octanol–water partition coefficient (Wildman–Crippen LogP) is 4.53. The van der Waals surface area contributed by atoms with Crippen molar-refractivity contribution in [2.45, 2.75) is 5.16 Å². The molecule has 1 aromatic carbocycles. The Bertz CT molecular complexity index is 1100. The molecule has 4 rings (SSSR count). The summed E-state index contributed by atoms with van der Waals surface area (Å²) in [6.45, 7) is 0. The molecule has 0 saturated carbocycles. The lowest BCUT2D eigenvalue weighted by Crippen LogP contribution is -1.94. The number of hydrogen-bond acceptors (Lipinski definition) is 6. The Morgan fingerprint density at radius 3 is 2.92 bits per heavy atom. The molecule has 0 aliphatic heterocycles. The molecule has 1 N–H and O–H groups in total. The minimum absolute atomic E-state index is 0.0132. The number of para-hydroxylation sites is 1. The summed E-state index contributed by atoms with van der Waals surface area (Å²) in [6.07, 6.45) is 3.70. The molecule has 25 heavy (non-hydrogen) atoms. The second-order valence-electron chi connectivity index (χ2n) is 5.25. The van der Waals surface area contributed by atoms with Gasteiger partial charge in [-0.15, -0.1) is 11.3 Å². The second kappa shape index (κ2) is 6.59. The number of aromatic nitrogens is 3. The van der Waals surface area contributed by atoms with Gasteiger partial charge in [-0.2, -0.15) is 5.26 Å². The normalized spacial score (nSPS) is 12.3. The summed E-state index contributed by atoms with van der Waals surface area (Å²) < 4.78 is 2.94. The number of fused-ring (bicyclic) bond motifs is 2. The van der Waals surface area contributed by atoms with Crippen LogP contribution in [-0.4, -0.2) is 25.2 Å². The van der Waals surface area contributed by atoms with Crippen molar-refractivity contribution in [3.8, 4) is 6.07 Å². The maximum absolute atomic E-state index is 10.4. The molecule has 5 nitrogen and oxygen atoms in total. The van der Waals surface area contributed by atoms with Gasteiger partial charge in [0.05, 0.1) is 27.7 Å². The number of aliphatic hydroxyl groups is 1. The third-order valence-electron chi connectivity index (χ3n) is 3.65. The van der Waals surface area contributed by atoms with Crippen molar-refractivity contribution >= 4 is 44.4 Å². The van der Waals surface area contributed by atoms with Crippen molar-refractivity contribution in [1.82, 2.24) is 14.4 Å². The maximum atomic E-state index is 10.4. The number of hydrogen-bond donors (Lipinski definition) is 1. The lowest BCUT2D eigenvalue weighted by Gasteiger charge is -2.02. The van der Waals surface area contributed by atoms with Crippen molar-refractivity contribution in [2.75, 3.05) is 5.75 Å². The van der Waals surface area contributed by atoms with Gasteiger partial charge in [-0.1, -0.05) is 30.0 Å². The smallest absolute Gasteiger partial charge is 0.173 e. The lowest BCUT2D eigenvalue weighted by atomic mass is 10.2.